The molecule has 0 radical (unpaired) electrons. The molecule has 6 nitrogen and oxygen atoms in total. The molecular formula is C28H20BrN3O3S. The van der Waals surface area contributed by atoms with Crippen molar-refractivity contribution in [1.82, 2.24) is 4.98 Å². The number of amides is 1. The molecule has 0 saturated heterocycles. The first-order chi connectivity index (χ1) is 17.6. The van der Waals surface area contributed by atoms with Gasteiger partial charge in [-0.05, 0) is 84.4 Å². The number of rotatable bonds is 7. The third-order valence-electron chi connectivity index (χ3n) is 5.23. The molecule has 0 aliphatic rings. The van der Waals surface area contributed by atoms with E-state index in [-0.39, 0.29) is 5.91 Å². The van der Waals surface area contributed by atoms with Crippen molar-refractivity contribution < 1.29 is 14.3 Å². The van der Waals surface area contributed by atoms with Gasteiger partial charge in [-0.25, -0.2) is 4.98 Å². The van der Waals surface area contributed by atoms with E-state index in [1.165, 1.54) is 16.3 Å². The van der Waals surface area contributed by atoms with Crippen molar-refractivity contribution in [2.24, 2.45) is 5.10 Å². The Hall–Kier alpha value is -4.01. The summed E-state index contributed by atoms with van der Waals surface area (Å²) in [6.45, 7) is 0. The highest BCUT2D eigenvalue weighted by molar-refractivity contribution is 9.10. The Morgan fingerprint density at radius 3 is 2.33 bits per heavy atom. The highest BCUT2D eigenvalue weighted by atomic mass is 79.9. The van der Waals surface area contributed by atoms with Crippen molar-refractivity contribution in [1.29, 1.82) is 0 Å². The van der Waals surface area contributed by atoms with E-state index in [9.17, 15) is 4.79 Å². The van der Waals surface area contributed by atoms with Gasteiger partial charge in [0, 0.05) is 10.0 Å². The minimum Gasteiger partial charge on any atom is -0.497 e. The van der Waals surface area contributed by atoms with E-state index in [0.717, 1.165) is 31.8 Å². The van der Waals surface area contributed by atoms with Gasteiger partial charge in [0.25, 0.3) is 5.91 Å². The van der Waals surface area contributed by atoms with Crippen LogP contribution in [0.3, 0.4) is 0 Å². The lowest BCUT2D eigenvalue weighted by molar-refractivity contribution is 0.0988. The molecule has 1 amide bonds. The van der Waals surface area contributed by atoms with Crippen molar-refractivity contribution in [3.05, 3.63) is 113 Å². The number of ether oxygens (including phenoxy) is 2. The van der Waals surface area contributed by atoms with Gasteiger partial charge in [-0.3, -0.25) is 4.79 Å². The van der Waals surface area contributed by atoms with Gasteiger partial charge in [0.15, 0.2) is 0 Å². The largest absolute Gasteiger partial charge is 0.497 e. The van der Waals surface area contributed by atoms with Gasteiger partial charge in [-0.1, -0.05) is 45.5 Å². The van der Waals surface area contributed by atoms with E-state index in [1.807, 2.05) is 72.8 Å². The third-order valence-corrected chi connectivity index (χ3v) is 6.72. The van der Waals surface area contributed by atoms with Crippen LogP contribution in [0.15, 0.2) is 107 Å². The zero-order valence-electron chi connectivity index (χ0n) is 19.2. The van der Waals surface area contributed by atoms with Gasteiger partial charge >= 0.3 is 0 Å². The van der Waals surface area contributed by atoms with Crippen LogP contribution in [0.5, 0.6) is 17.2 Å². The molecule has 1 heterocycles. The van der Waals surface area contributed by atoms with Gasteiger partial charge < -0.3 is 9.47 Å². The molecule has 0 aliphatic carbocycles. The SMILES string of the molecule is COc1ccc(/C=N/N(C(=O)c2ccc(Oc3ccccc3)cc2)c2nc3ccc(Br)cc3s2)cc1. The van der Waals surface area contributed by atoms with Crippen molar-refractivity contribution in [3.8, 4) is 17.2 Å². The van der Waals surface area contributed by atoms with Crippen LogP contribution in [-0.2, 0) is 0 Å². The van der Waals surface area contributed by atoms with Crippen LogP contribution in [0, 0.1) is 0 Å². The van der Waals surface area contributed by atoms with E-state index in [2.05, 4.69) is 26.0 Å². The molecule has 4 aromatic carbocycles. The lowest BCUT2D eigenvalue weighted by Gasteiger charge is -2.14. The fourth-order valence-electron chi connectivity index (χ4n) is 3.39. The Labute approximate surface area is 220 Å². The molecule has 1 aromatic heterocycles. The highest BCUT2D eigenvalue weighted by Crippen LogP contribution is 2.32. The van der Waals surface area contributed by atoms with Crippen LogP contribution in [0.2, 0.25) is 0 Å². The number of fused-ring (bicyclic) bond motifs is 1. The summed E-state index contributed by atoms with van der Waals surface area (Å²) in [5, 5.41) is 6.33. The zero-order chi connectivity index (χ0) is 24.9. The van der Waals surface area contributed by atoms with Crippen LogP contribution in [0.4, 0.5) is 5.13 Å². The van der Waals surface area contributed by atoms with Crippen LogP contribution in [0.25, 0.3) is 10.2 Å². The summed E-state index contributed by atoms with van der Waals surface area (Å²) in [4.78, 5) is 18.2. The number of methoxy groups -OCH3 is 1. The number of aromatic nitrogens is 1. The monoisotopic (exact) mass is 557 g/mol. The first kappa shape index (κ1) is 23.7. The quantitative estimate of drug-likeness (QED) is 0.153. The highest BCUT2D eigenvalue weighted by Gasteiger charge is 2.21. The maximum atomic E-state index is 13.6. The first-order valence-corrected chi connectivity index (χ1v) is 12.6. The molecule has 0 unspecified atom stereocenters. The van der Waals surface area contributed by atoms with E-state index >= 15 is 0 Å². The smallest absolute Gasteiger partial charge is 0.280 e. The number of halogens is 1. The Balaban J connectivity index is 1.45. The van der Waals surface area contributed by atoms with Crippen molar-refractivity contribution in [2.75, 3.05) is 12.1 Å². The van der Waals surface area contributed by atoms with Gasteiger partial charge in [0.05, 0.1) is 23.5 Å². The Morgan fingerprint density at radius 2 is 1.61 bits per heavy atom. The van der Waals surface area contributed by atoms with E-state index in [0.29, 0.717) is 16.4 Å². The predicted molar refractivity (Wildman–Crippen MR) is 148 cm³/mol. The number of thiazole rings is 1. The number of benzene rings is 4. The summed E-state index contributed by atoms with van der Waals surface area (Å²) in [6, 6.07) is 29.7. The maximum Gasteiger partial charge on any atom is 0.280 e. The molecule has 5 aromatic rings. The fourth-order valence-corrected chi connectivity index (χ4v) is 4.87. The second-order valence-electron chi connectivity index (χ2n) is 7.68. The van der Waals surface area contributed by atoms with Crippen molar-refractivity contribution in [2.45, 2.75) is 0 Å². The molecular weight excluding hydrogens is 538 g/mol. The summed E-state index contributed by atoms with van der Waals surface area (Å²) >= 11 is 4.89. The summed E-state index contributed by atoms with van der Waals surface area (Å²) in [5.41, 5.74) is 2.08. The van der Waals surface area contributed by atoms with E-state index in [1.54, 1.807) is 37.6 Å². The van der Waals surface area contributed by atoms with Gasteiger partial charge in [-0.2, -0.15) is 10.1 Å². The zero-order valence-corrected chi connectivity index (χ0v) is 21.6. The Bertz CT molecular complexity index is 1520. The average molecular weight is 558 g/mol. The summed E-state index contributed by atoms with van der Waals surface area (Å²) in [6.07, 6.45) is 1.63. The lowest BCUT2D eigenvalue weighted by atomic mass is 10.2. The second kappa shape index (κ2) is 10.7. The lowest BCUT2D eigenvalue weighted by Crippen LogP contribution is -2.25. The summed E-state index contributed by atoms with van der Waals surface area (Å²) in [5.74, 6) is 1.80. The second-order valence-corrected chi connectivity index (χ2v) is 9.61. The molecule has 36 heavy (non-hydrogen) atoms. The Kier molecular flexibility index (Phi) is 7.06. The van der Waals surface area contributed by atoms with Crippen LogP contribution < -0.4 is 14.5 Å². The summed E-state index contributed by atoms with van der Waals surface area (Å²) < 4.78 is 13.0. The number of hydrogen-bond donors (Lipinski definition) is 0. The number of anilines is 1. The van der Waals surface area contributed by atoms with Gasteiger partial charge in [0.2, 0.25) is 5.13 Å². The summed E-state index contributed by atoms with van der Waals surface area (Å²) in [7, 11) is 1.62. The molecule has 0 bridgehead atoms. The molecule has 0 fully saturated rings. The molecule has 8 heteroatoms. The number of carbonyl (C=O) groups is 1. The van der Waals surface area contributed by atoms with Crippen molar-refractivity contribution >= 4 is 54.7 Å². The van der Waals surface area contributed by atoms with Gasteiger partial charge in [-0.15, -0.1) is 0 Å². The number of carbonyl (C=O) groups excluding carboxylic acids is 1. The molecule has 0 saturated carbocycles. The molecule has 5 rings (SSSR count). The Morgan fingerprint density at radius 1 is 0.917 bits per heavy atom. The normalized spacial score (nSPS) is 11.1. The molecule has 0 aliphatic heterocycles. The minimum atomic E-state index is -0.302. The fraction of sp³-hybridized carbons (Fsp3) is 0.0357. The molecule has 178 valence electrons. The number of hydrazone groups is 1. The topological polar surface area (TPSA) is 64.0 Å². The predicted octanol–water partition coefficient (Wildman–Crippen LogP) is 7.54. The number of para-hydroxylation sites is 1. The standard InChI is InChI=1S/C28H20BrN3O3S/c1-34-22-12-7-19(8-13-22)18-30-32(28-31-25-16-11-21(29)17-26(25)36-28)27(33)20-9-14-24(15-10-20)35-23-5-3-2-4-6-23/h2-18H,1H3/b30-18+. The minimum absolute atomic E-state index is 0.302. The average Bonchev–Trinajstić information content (AvgIpc) is 3.33. The van der Waals surface area contributed by atoms with Crippen LogP contribution in [-0.4, -0.2) is 24.2 Å². The number of hydrogen-bond acceptors (Lipinski definition) is 6. The van der Waals surface area contributed by atoms with Gasteiger partial charge in [0.1, 0.15) is 17.2 Å². The maximum absolute atomic E-state index is 13.6. The van der Waals surface area contributed by atoms with E-state index < -0.39 is 0 Å². The number of nitrogens with zero attached hydrogens (tertiary/aromatic N) is 3. The third kappa shape index (κ3) is 5.45. The van der Waals surface area contributed by atoms with E-state index in [4.69, 9.17) is 9.47 Å². The first-order valence-electron chi connectivity index (χ1n) is 11.0. The van der Waals surface area contributed by atoms with Crippen LogP contribution >= 0.6 is 27.3 Å². The molecule has 0 N–H and O–H groups in total. The van der Waals surface area contributed by atoms with Crippen molar-refractivity contribution in [3.63, 3.8) is 0 Å². The molecule has 0 spiro atoms. The van der Waals surface area contributed by atoms with Crippen LogP contribution in [0.1, 0.15) is 15.9 Å². The molecule has 0 atom stereocenters.